The molecule has 0 aliphatic rings. The minimum atomic E-state index is -3.93. The minimum Gasteiger partial charge on any atom is -0.497 e. The lowest BCUT2D eigenvalue weighted by atomic mass is 10.2. The van der Waals surface area contributed by atoms with E-state index in [1.807, 2.05) is 41.0 Å². The standard InChI is InChI=1S/C28H26N2O4S/c1-34-23-11-9-10-21(18-23)30(35(32,33)24-12-3-2-4-13-24)20-22(31)19-29-27-16-7-5-14-25(27)26-15-6-8-17-28(26)29/h2-18,22,31H,19-20H2,1H3/t22-/m0/s1. The van der Waals surface area contributed by atoms with E-state index in [0.29, 0.717) is 11.4 Å². The predicted octanol–water partition coefficient (Wildman–Crippen LogP) is 5.06. The van der Waals surface area contributed by atoms with Crippen LogP contribution in [-0.2, 0) is 16.6 Å². The van der Waals surface area contributed by atoms with Crippen LogP contribution in [0.4, 0.5) is 5.69 Å². The van der Waals surface area contributed by atoms with Gasteiger partial charge in [0.1, 0.15) is 5.75 Å². The summed E-state index contributed by atoms with van der Waals surface area (Å²) < 4.78 is 35.9. The first-order chi connectivity index (χ1) is 17.0. The summed E-state index contributed by atoms with van der Waals surface area (Å²) in [5.41, 5.74) is 2.41. The van der Waals surface area contributed by atoms with Crippen molar-refractivity contribution in [2.45, 2.75) is 17.5 Å². The van der Waals surface area contributed by atoms with Crippen molar-refractivity contribution < 1.29 is 18.3 Å². The predicted molar refractivity (Wildman–Crippen MR) is 139 cm³/mol. The molecule has 0 saturated carbocycles. The van der Waals surface area contributed by atoms with E-state index in [-0.39, 0.29) is 18.0 Å². The minimum absolute atomic E-state index is 0.120. The summed E-state index contributed by atoms with van der Waals surface area (Å²) in [5, 5.41) is 13.4. The van der Waals surface area contributed by atoms with Crippen LogP contribution in [0, 0.1) is 0 Å². The van der Waals surface area contributed by atoms with Gasteiger partial charge in [-0.15, -0.1) is 0 Å². The van der Waals surface area contributed by atoms with E-state index in [2.05, 4.69) is 12.1 Å². The van der Waals surface area contributed by atoms with Crippen LogP contribution in [0.2, 0.25) is 0 Å². The monoisotopic (exact) mass is 486 g/mol. The molecule has 6 nitrogen and oxygen atoms in total. The molecule has 0 spiro atoms. The van der Waals surface area contributed by atoms with Gasteiger partial charge in [-0.1, -0.05) is 60.7 Å². The summed E-state index contributed by atoms with van der Waals surface area (Å²) in [6, 6.07) is 31.2. The first-order valence-corrected chi connectivity index (χ1v) is 12.8. The SMILES string of the molecule is COc1cccc(N(C[C@@H](O)Cn2c3ccccc3c3ccccc32)S(=O)(=O)c2ccccc2)c1. The Bertz CT molecular complexity index is 1530. The van der Waals surface area contributed by atoms with Crippen molar-refractivity contribution in [2.24, 2.45) is 0 Å². The average Bonchev–Trinajstić information content (AvgIpc) is 3.21. The molecule has 0 aliphatic carbocycles. The van der Waals surface area contributed by atoms with Crippen molar-refractivity contribution in [1.29, 1.82) is 0 Å². The summed E-state index contributed by atoms with van der Waals surface area (Å²) >= 11 is 0. The first kappa shape index (κ1) is 23.0. The molecule has 35 heavy (non-hydrogen) atoms. The summed E-state index contributed by atoms with van der Waals surface area (Å²) in [4.78, 5) is 0.159. The second-order valence-electron chi connectivity index (χ2n) is 8.35. The Labute approximate surface area is 204 Å². The van der Waals surface area contributed by atoms with Gasteiger partial charge in [0.05, 0.1) is 36.9 Å². The van der Waals surface area contributed by atoms with Gasteiger partial charge in [0.25, 0.3) is 10.0 Å². The highest BCUT2D eigenvalue weighted by molar-refractivity contribution is 7.92. The van der Waals surface area contributed by atoms with Crippen LogP contribution in [0.15, 0.2) is 108 Å². The number of benzene rings is 4. The van der Waals surface area contributed by atoms with Crippen LogP contribution in [-0.4, -0.2) is 37.8 Å². The number of rotatable bonds is 8. The zero-order chi connectivity index (χ0) is 24.4. The Kier molecular flexibility index (Phi) is 6.19. The summed E-state index contributed by atoms with van der Waals surface area (Å²) in [5.74, 6) is 0.535. The number of aliphatic hydroxyl groups excluding tert-OH is 1. The van der Waals surface area contributed by atoms with E-state index in [4.69, 9.17) is 4.74 Å². The number of hydrogen-bond acceptors (Lipinski definition) is 4. The van der Waals surface area contributed by atoms with Crippen molar-refractivity contribution >= 4 is 37.5 Å². The van der Waals surface area contributed by atoms with Crippen LogP contribution >= 0.6 is 0 Å². The highest BCUT2D eigenvalue weighted by atomic mass is 32.2. The number of methoxy groups -OCH3 is 1. The number of sulfonamides is 1. The molecule has 5 rings (SSSR count). The molecule has 0 aliphatic heterocycles. The Morgan fingerprint density at radius 2 is 1.43 bits per heavy atom. The van der Waals surface area contributed by atoms with Crippen LogP contribution in [0.1, 0.15) is 0 Å². The number of para-hydroxylation sites is 2. The molecule has 0 bridgehead atoms. The molecule has 1 N–H and O–H groups in total. The maximum absolute atomic E-state index is 13.7. The molecule has 0 unspecified atom stereocenters. The Morgan fingerprint density at radius 3 is 2.06 bits per heavy atom. The molecular weight excluding hydrogens is 460 g/mol. The van der Waals surface area contributed by atoms with Crippen molar-refractivity contribution in [1.82, 2.24) is 4.57 Å². The van der Waals surface area contributed by atoms with Gasteiger partial charge in [0.15, 0.2) is 0 Å². The van der Waals surface area contributed by atoms with E-state index < -0.39 is 16.1 Å². The maximum atomic E-state index is 13.7. The van der Waals surface area contributed by atoms with Gasteiger partial charge in [-0.3, -0.25) is 4.31 Å². The highest BCUT2D eigenvalue weighted by Gasteiger charge is 2.28. The molecule has 0 amide bonds. The van der Waals surface area contributed by atoms with Gasteiger partial charge in [-0.05, 0) is 36.4 Å². The molecule has 1 heterocycles. The number of anilines is 1. The Balaban J connectivity index is 1.54. The second kappa shape index (κ2) is 9.44. The van der Waals surface area contributed by atoms with Crippen molar-refractivity contribution in [3.8, 4) is 5.75 Å². The van der Waals surface area contributed by atoms with Gasteiger partial charge in [0, 0.05) is 27.9 Å². The van der Waals surface area contributed by atoms with E-state index in [0.717, 1.165) is 21.8 Å². The van der Waals surface area contributed by atoms with Crippen LogP contribution < -0.4 is 9.04 Å². The summed E-state index contributed by atoms with van der Waals surface area (Å²) in [6.07, 6.45) is -0.973. The fourth-order valence-corrected chi connectivity index (χ4v) is 6.00. The summed E-state index contributed by atoms with van der Waals surface area (Å²) in [7, 11) is -2.40. The normalized spacial score (nSPS) is 12.6. The lowest BCUT2D eigenvalue weighted by molar-refractivity contribution is 0.166. The number of hydrogen-bond donors (Lipinski definition) is 1. The quantitative estimate of drug-likeness (QED) is 0.333. The number of ether oxygens (including phenoxy) is 1. The molecule has 1 aromatic heterocycles. The fraction of sp³-hybridized carbons (Fsp3) is 0.143. The topological polar surface area (TPSA) is 71.8 Å². The second-order valence-corrected chi connectivity index (χ2v) is 10.2. The number of nitrogens with zero attached hydrogens (tertiary/aromatic N) is 2. The van der Waals surface area contributed by atoms with E-state index in [1.54, 1.807) is 54.6 Å². The zero-order valence-electron chi connectivity index (χ0n) is 19.3. The van der Waals surface area contributed by atoms with Crippen LogP contribution in [0.3, 0.4) is 0 Å². The van der Waals surface area contributed by atoms with Crippen LogP contribution in [0.5, 0.6) is 5.75 Å². The molecule has 4 aromatic carbocycles. The molecule has 0 radical (unpaired) electrons. The molecule has 1 atom stereocenters. The van der Waals surface area contributed by atoms with Gasteiger partial charge >= 0.3 is 0 Å². The van der Waals surface area contributed by atoms with Gasteiger partial charge in [0.2, 0.25) is 0 Å². The zero-order valence-corrected chi connectivity index (χ0v) is 20.1. The molecule has 178 valence electrons. The van der Waals surface area contributed by atoms with Gasteiger partial charge < -0.3 is 14.4 Å². The number of fused-ring (bicyclic) bond motifs is 3. The van der Waals surface area contributed by atoms with Gasteiger partial charge in [-0.25, -0.2) is 8.42 Å². The van der Waals surface area contributed by atoms with E-state index >= 15 is 0 Å². The first-order valence-electron chi connectivity index (χ1n) is 11.3. The van der Waals surface area contributed by atoms with E-state index in [1.165, 1.54) is 11.4 Å². The third kappa shape index (κ3) is 4.36. The highest BCUT2D eigenvalue weighted by Crippen LogP contribution is 2.30. The van der Waals surface area contributed by atoms with E-state index in [9.17, 15) is 13.5 Å². The Morgan fingerprint density at radius 1 is 0.829 bits per heavy atom. The smallest absolute Gasteiger partial charge is 0.264 e. The third-order valence-corrected chi connectivity index (χ3v) is 7.93. The Hall–Kier alpha value is -3.81. The molecular formula is C28H26N2O4S. The lowest BCUT2D eigenvalue weighted by Crippen LogP contribution is -2.39. The maximum Gasteiger partial charge on any atom is 0.264 e. The molecule has 0 saturated heterocycles. The van der Waals surface area contributed by atoms with Crippen molar-refractivity contribution in [3.05, 3.63) is 103 Å². The average molecular weight is 487 g/mol. The largest absolute Gasteiger partial charge is 0.497 e. The number of aliphatic hydroxyl groups is 1. The third-order valence-electron chi connectivity index (χ3n) is 6.12. The lowest BCUT2D eigenvalue weighted by Gasteiger charge is -2.27. The molecule has 5 aromatic rings. The molecule has 0 fully saturated rings. The number of aromatic nitrogens is 1. The van der Waals surface area contributed by atoms with Gasteiger partial charge in [-0.2, -0.15) is 0 Å². The molecule has 7 heteroatoms. The van der Waals surface area contributed by atoms with Crippen molar-refractivity contribution in [3.63, 3.8) is 0 Å². The summed E-state index contributed by atoms with van der Waals surface area (Å²) in [6.45, 7) is 0.115. The van der Waals surface area contributed by atoms with Crippen molar-refractivity contribution in [2.75, 3.05) is 18.0 Å². The van der Waals surface area contributed by atoms with Crippen LogP contribution in [0.25, 0.3) is 21.8 Å². The fourth-order valence-electron chi connectivity index (χ4n) is 4.49.